The second-order valence-electron chi connectivity index (χ2n) is 5.19. The lowest BCUT2D eigenvalue weighted by atomic mass is 9.96. The Morgan fingerprint density at radius 1 is 1.25 bits per heavy atom. The molecule has 1 aromatic rings. The molecule has 1 rings (SSSR count). The molecular formula is C16H23NO3. The van der Waals surface area contributed by atoms with Gasteiger partial charge in [-0.15, -0.1) is 0 Å². The number of ether oxygens (including phenoxy) is 1. The molecule has 0 spiro atoms. The van der Waals surface area contributed by atoms with Crippen LogP contribution in [0.2, 0.25) is 0 Å². The number of carbonyl (C=O) groups excluding carboxylic acids is 2. The molecule has 110 valence electrons. The van der Waals surface area contributed by atoms with Crippen molar-refractivity contribution in [3.63, 3.8) is 0 Å². The van der Waals surface area contributed by atoms with Crippen LogP contribution in [-0.2, 0) is 4.79 Å². The molecule has 0 aromatic heterocycles. The van der Waals surface area contributed by atoms with E-state index in [-0.39, 0.29) is 23.8 Å². The minimum Gasteiger partial charge on any atom is -0.484 e. The highest BCUT2D eigenvalue weighted by Crippen LogP contribution is 2.15. The van der Waals surface area contributed by atoms with E-state index in [0.29, 0.717) is 11.3 Å². The van der Waals surface area contributed by atoms with Gasteiger partial charge in [0.25, 0.3) is 5.91 Å². The summed E-state index contributed by atoms with van der Waals surface area (Å²) < 4.78 is 5.43. The number of amides is 1. The molecule has 1 amide bonds. The summed E-state index contributed by atoms with van der Waals surface area (Å²) in [5, 5.41) is 2.97. The molecule has 1 aromatic carbocycles. The molecule has 0 fully saturated rings. The zero-order valence-electron chi connectivity index (χ0n) is 12.7. The lowest BCUT2D eigenvalue weighted by Crippen LogP contribution is -2.46. The average Bonchev–Trinajstić information content (AvgIpc) is 2.45. The van der Waals surface area contributed by atoms with Gasteiger partial charge in [0, 0.05) is 11.1 Å². The monoisotopic (exact) mass is 277 g/mol. The van der Waals surface area contributed by atoms with Gasteiger partial charge >= 0.3 is 0 Å². The van der Waals surface area contributed by atoms with Crippen molar-refractivity contribution < 1.29 is 14.3 Å². The minimum atomic E-state index is -0.193. The van der Waals surface area contributed by atoms with E-state index in [1.165, 1.54) is 6.92 Å². The van der Waals surface area contributed by atoms with Gasteiger partial charge < -0.3 is 10.1 Å². The predicted molar refractivity (Wildman–Crippen MR) is 79.1 cm³/mol. The molecule has 0 unspecified atom stereocenters. The summed E-state index contributed by atoms with van der Waals surface area (Å²) in [6, 6.07) is 6.85. The summed E-state index contributed by atoms with van der Waals surface area (Å²) in [5.41, 5.74) is 0.386. The number of benzene rings is 1. The lowest BCUT2D eigenvalue weighted by Gasteiger charge is -2.28. The van der Waals surface area contributed by atoms with Crippen molar-refractivity contribution >= 4 is 11.7 Å². The Bertz CT molecular complexity index is 478. The molecule has 0 bridgehead atoms. The van der Waals surface area contributed by atoms with Gasteiger partial charge in [-0.25, -0.2) is 0 Å². The molecular weight excluding hydrogens is 254 g/mol. The van der Waals surface area contributed by atoms with Gasteiger partial charge in [0.1, 0.15) is 5.75 Å². The number of nitrogens with one attached hydrogen (secondary N) is 1. The van der Waals surface area contributed by atoms with Crippen LogP contribution in [-0.4, -0.2) is 23.8 Å². The van der Waals surface area contributed by atoms with E-state index < -0.39 is 0 Å². The van der Waals surface area contributed by atoms with E-state index in [9.17, 15) is 9.59 Å². The first kappa shape index (κ1) is 16.2. The number of ketones is 1. The molecule has 4 heteroatoms. The van der Waals surface area contributed by atoms with Gasteiger partial charge in [0.2, 0.25) is 0 Å². The van der Waals surface area contributed by atoms with Gasteiger partial charge in [-0.2, -0.15) is 0 Å². The lowest BCUT2D eigenvalue weighted by molar-refractivity contribution is -0.125. The summed E-state index contributed by atoms with van der Waals surface area (Å²) in [6.07, 6.45) is 1.74. The fourth-order valence-corrected chi connectivity index (χ4v) is 1.75. The van der Waals surface area contributed by atoms with Gasteiger partial charge in [-0.05, 0) is 38.8 Å². The minimum absolute atomic E-state index is 0.0237. The number of Topliss-reactive ketones (excluding diaryl/α,β-unsaturated/α-hetero) is 1. The quantitative estimate of drug-likeness (QED) is 0.780. The smallest absolute Gasteiger partial charge is 0.258 e. The van der Waals surface area contributed by atoms with Crippen LogP contribution >= 0.6 is 0 Å². The zero-order valence-corrected chi connectivity index (χ0v) is 12.7. The van der Waals surface area contributed by atoms with E-state index in [2.05, 4.69) is 5.32 Å². The molecule has 4 nitrogen and oxygen atoms in total. The predicted octanol–water partition coefficient (Wildman–Crippen LogP) is 2.96. The van der Waals surface area contributed by atoms with Crippen molar-refractivity contribution in [1.29, 1.82) is 0 Å². The molecule has 0 heterocycles. The SMILES string of the molecule is CCC(C)(CC)NC(=O)COc1cccc(C(C)=O)c1. The summed E-state index contributed by atoms with van der Waals surface area (Å²) in [6.45, 7) is 7.56. The Hall–Kier alpha value is -1.84. The highest BCUT2D eigenvalue weighted by Gasteiger charge is 2.21. The van der Waals surface area contributed by atoms with Crippen molar-refractivity contribution in [2.75, 3.05) is 6.61 Å². The van der Waals surface area contributed by atoms with E-state index in [1.807, 2.05) is 20.8 Å². The van der Waals surface area contributed by atoms with Crippen LogP contribution in [0.1, 0.15) is 50.9 Å². The maximum atomic E-state index is 11.9. The van der Waals surface area contributed by atoms with Crippen LogP contribution in [0.4, 0.5) is 0 Å². The van der Waals surface area contributed by atoms with Crippen molar-refractivity contribution in [3.8, 4) is 5.75 Å². The van der Waals surface area contributed by atoms with Gasteiger partial charge in [0.15, 0.2) is 12.4 Å². The highest BCUT2D eigenvalue weighted by molar-refractivity contribution is 5.94. The third kappa shape index (κ3) is 4.68. The largest absolute Gasteiger partial charge is 0.484 e. The van der Waals surface area contributed by atoms with Crippen LogP contribution < -0.4 is 10.1 Å². The summed E-state index contributed by atoms with van der Waals surface area (Å²) in [4.78, 5) is 23.1. The first-order valence-electron chi connectivity index (χ1n) is 6.95. The van der Waals surface area contributed by atoms with Gasteiger partial charge in [-0.3, -0.25) is 9.59 Å². The summed E-state index contributed by atoms with van der Waals surface area (Å²) in [5.74, 6) is 0.358. The molecule has 0 radical (unpaired) electrons. The van der Waals surface area contributed by atoms with Gasteiger partial charge in [0.05, 0.1) is 0 Å². The van der Waals surface area contributed by atoms with Crippen molar-refractivity contribution in [1.82, 2.24) is 5.32 Å². The number of carbonyl (C=O) groups is 2. The second-order valence-corrected chi connectivity index (χ2v) is 5.19. The van der Waals surface area contributed by atoms with Crippen molar-refractivity contribution in [2.24, 2.45) is 0 Å². The Morgan fingerprint density at radius 3 is 2.45 bits per heavy atom. The van der Waals surface area contributed by atoms with Crippen LogP contribution in [0, 0.1) is 0 Å². The maximum absolute atomic E-state index is 11.9. The normalized spacial score (nSPS) is 11.0. The first-order chi connectivity index (χ1) is 9.40. The van der Waals surface area contributed by atoms with Gasteiger partial charge in [-0.1, -0.05) is 26.0 Å². The van der Waals surface area contributed by atoms with Crippen LogP contribution in [0.25, 0.3) is 0 Å². The van der Waals surface area contributed by atoms with Crippen LogP contribution in [0.3, 0.4) is 0 Å². The molecule has 20 heavy (non-hydrogen) atoms. The Kier molecular flexibility index (Phi) is 5.74. The average molecular weight is 277 g/mol. The molecule has 1 N–H and O–H groups in total. The Labute approximate surface area is 120 Å². The number of hydrogen-bond donors (Lipinski definition) is 1. The van der Waals surface area contributed by atoms with E-state index in [1.54, 1.807) is 24.3 Å². The molecule has 0 aliphatic rings. The second kappa shape index (κ2) is 7.08. The molecule has 0 saturated carbocycles. The van der Waals surface area contributed by atoms with E-state index >= 15 is 0 Å². The molecule has 0 aliphatic heterocycles. The Morgan fingerprint density at radius 2 is 1.90 bits per heavy atom. The first-order valence-corrected chi connectivity index (χ1v) is 6.95. The zero-order chi connectivity index (χ0) is 15.2. The number of rotatable bonds is 7. The Balaban J connectivity index is 2.57. The van der Waals surface area contributed by atoms with Crippen LogP contribution in [0.15, 0.2) is 24.3 Å². The third-order valence-electron chi connectivity index (χ3n) is 3.61. The topological polar surface area (TPSA) is 55.4 Å². The fraction of sp³-hybridized carbons (Fsp3) is 0.500. The van der Waals surface area contributed by atoms with Crippen molar-refractivity contribution in [2.45, 2.75) is 46.1 Å². The summed E-state index contributed by atoms with van der Waals surface area (Å²) in [7, 11) is 0. The molecule has 0 aliphatic carbocycles. The fourth-order valence-electron chi connectivity index (χ4n) is 1.75. The molecule has 0 atom stereocenters. The van der Waals surface area contributed by atoms with Crippen LogP contribution in [0.5, 0.6) is 5.75 Å². The highest BCUT2D eigenvalue weighted by atomic mass is 16.5. The summed E-state index contributed by atoms with van der Waals surface area (Å²) >= 11 is 0. The standard InChI is InChI=1S/C16H23NO3/c1-5-16(4,6-2)17-15(19)11-20-14-9-7-8-13(10-14)12(3)18/h7-10H,5-6,11H2,1-4H3,(H,17,19). The van der Waals surface area contributed by atoms with Crippen molar-refractivity contribution in [3.05, 3.63) is 29.8 Å². The van der Waals surface area contributed by atoms with E-state index in [4.69, 9.17) is 4.74 Å². The molecule has 0 saturated heterocycles. The third-order valence-corrected chi connectivity index (χ3v) is 3.61. The maximum Gasteiger partial charge on any atom is 0.258 e. The van der Waals surface area contributed by atoms with E-state index in [0.717, 1.165) is 12.8 Å². The number of hydrogen-bond acceptors (Lipinski definition) is 3.